The van der Waals surface area contributed by atoms with Crippen molar-refractivity contribution in [2.45, 2.75) is 24.9 Å². The van der Waals surface area contributed by atoms with E-state index in [9.17, 15) is 19.8 Å². The maximum absolute atomic E-state index is 11.2. The molecule has 0 bridgehead atoms. The molecular weight excluding hydrogens is 372 g/mol. The van der Waals surface area contributed by atoms with Gasteiger partial charge >= 0.3 is 17.1 Å². The topological polar surface area (TPSA) is 104 Å². The molecule has 4 rings (SSSR count). The maximum Gasteiger partial charge on any atom is 2.00 e. The fourth-order valence-corrected chi connectivity index (χ4v) is 2.82. The van der Waals surface area contributed by atoms with E-state index in [1.807, 2.05) is 12.2 Å². The first-order valence-electron chi connectivity index (χ1n) is 7.64. The molecule has 0 fully saturated rings. The molecule has 7 heteroatoms. The van der Waals surface area contributed by atoms with Gasteiger partial charge in [0.2, 0.25) is 0 Å². The van der Waals surface area contributed by atoms with Crippen LogP contribution in [0.3, 0.4) is 0 Å². The van der Waals surface area contributed by atoms with Gasteiger partial charge in [-0.05, 0) is 47.9 Å². The number of hydrogen-bond donors (Lipinski definition) is 2. The largest absolute Gasteiger partial charge is 2.00 e. The first-order chi connectivity index (χ1) is 11.5. The number of hydrogen-bond acceptors (Lipinski definition) is 6. The van der Waals surface area contributed by atoms with Gasteiger partial charge in [-0.15, -0.1) is 0 Å². The van der Waals surface area contributed by atoms with Crippen LogP contribution in [0.4, 0.5) is 0 Å². The zero-order valence-corrected chi connectivity index (χ0v) is 14.1. The fraction of sp³-hybridized carbons (Fsp3) is 0.222. The molecular formula is C18H16CuN2O4. The molecule has 0 aromatic rings. The Morgan fingerprint density at radius 3 is 1.56 bits per heavy atom. The summed E-state index contributed by atoms with van der Waals surface area (Å²) in [6.07, 6.45) is 14.6. The minimum absolute atomic E-state index is 0. The summed E-state index contributed by atoms with van der Waals surface area (Å²) in [7, 11) is 0. The van der Waals surface area contributed by atoms with Crippen LogP contribution in [0.1, 0.15) is 12.8 Å². The molecule has 0 amide bonds. The number of nitrogens with one attached hydrogen (secondary N) is 2. The second-order valence-electron chi connectivity index (χ2n) is 5.72. The van der Waals surface area contributed by atoms with Crippen molar-refractivity contribution in [2.75, 3.05) is 0 Å². The van der Waals surface area contributed by atoms with E-state index in [4.69, 9.17) is 0 Å². The molecule has 0 saturated carbocycles. The van der Waals surface area contributed by atoms with E-state index in [0.29, 0.717) is 0 Å². The molecule has 2 atom stereocenters. The molecule has 1 radical (unpaired) electrons. The smallest absolute Gasteiger partial charge is 0.860 e. The summed E-state index contributed by atoms with van der Waals surface area (Å²) >= 11 is 0. The van der Waals surface area contributed by atoms with Gasteiger partial charge in [0, 0.05) is 0 Å². The molecule has 0 aromatic heterocycles. The molecule has 0 aromatic carbocycles. The van der Waals surface area contributed by atoms with Crippen molar-refractivity contribution < 1.29 is 36.9 Å². The molecule has 133 valence electrons. The standard InChI is InChI=1S/2C9H9NO2.Cu/c2*11-7-3-1-2-6-4-5-8(12)10-9(6)7;/h2*1,3-5,9-10,12H,2H2;/q;;+2/p-2. The van der Waals surface area contributed by atoms with E-state index in [1.54, 1.807) is 12.2 Å². The number of fused-ring (bicyclic) bond motifs is 2. The number of dihydropyridines is 2. The molecule has 2 aliphatic heterocycles. The molecule has 2 heterocycles. The van der Waals surface area contributed by atoms with Crippen LogP contribution in [0.5, 0.6) is 0 Å². The van der Waals surface area contributed by atoms with Gasteiger partial charge in [0.25, 0.3) is 0 Å². The van der Waals surface area contributed by atoms with E-state index in [0.717, 1.165) is 24.0 Å². The zero-order valence-electron chi connectivity index (χ0n) is 13.1. The van der Waals surface area contributed by atoms with E-state index in [2.05, 4.69) is 10.6 Å². The van der Waals surface area contributed by atoms with Crippen LogP contribution >= 0.6 is 0 Å². The van der Waals surface area contributed by atoms with Gasteiger partial charge in [-0.25, -0.2) is 0 Å². The van der Waals surface area contributed by atoms with Crippen LogP contribution in [0.25, 0.3) is 0 Å². The van der Waals surface area contributed by atoms with Crippen LogP contribution in [0.15, 0.2) is 71.5 Å². The van der Waals surface area contributed by atoms with Crippen LogP contribution in [0, 0.1) is 0 Å². The van der Waals surface area contributed by atoms with Gasteiger partial charge in [0.05, 0.1) is 0 Å². The first-order valence-corrected chi connectivity index (χ1v) is 7.64. The Morgan fingerprint density at radius 2 is 1.16 bits per heavy atom. The minimum atomic E-state index is -0.396. The van der Waals surface area contributed by atoms with Crippen molar-refractivity contribution in [1.29, 1.82) is 0 Å². The van der Waals surface area contributed by atoms with Gasteiger partial charge in [-0.3, -0.25) is 9.59 Å². The van der Waals surface area contributed by atoms with Crippen molar-refractivity contribution in [3.63, 3.8) is 0 Å². The number of rotatable bonds is 0. The van der Waals surface area contributed by atoms with Crippen molar-refractivity contribution >= 4 is 11.6 Å². The number of allylic oxidation sites excluding steroid dienone is 6. The molecule has 2 N–H and O–H groups in total. The predicted octanol–water partition coefficient (Wildman–Crippen LogP) is -0.772. The van der Waals surface area contributed by atoms with Crippen LogP contribution < -0.4 is 20.8 Å². The molecule has 4 aliphatic rings. The second-order valence-corrected chi connectivity index (χ2v) is 5.72. The van der Waals surface area contributed by atoms with Gasteiger partial charge in [0.15, 0.2) is 11.6 Å². The van der Waals surface area contributed by atoms with Crippen LogP contribution in [0.2, 0.25) is 0 Å². The third-order valence-corrected chi connectivity index (χ3v) is 4.05. The molecule has 0 spiro atoms. The third kappa shape index (κ3) is 4.32. The maximum atomic E-state index is 11.2. The monoisotopic (exact) mass is 387 g/mol. The third-order valence-electron chi connectivity index (χ3n) is 4.05. The zero-order chi connectivity index (χ0) is 17.1. The van der Waals surface area contributed by atoms with E-state index < -0.39 is 12.1 Å². The Bertz CT molecular complexity index is 695. The summed E-state index contributed by atoms with van der Waals surface area (Å²) in [6.45, 7) is 0. The normalized spacial score (nSPS) is 25.9. The van der Waals surface area contributed by atoms with E-state index >= 15 is 0 Å². The molecule has 2 aliphatic carbocycles. The molecule has 0 saturated heterocycles. The van der Waals surface area contributed by atoms with Crippen molar-refractivity contribution in [2.24, 2.45) is 0 Å². The Hall–Kier alpha value is -2.50. The Balaban J connectivity index is 0.000000173. The quantitative estimate of drug-likeness (QED) is 0.529. The first kappa shape index (κ1) is 18.8. The average molecular weight is 388 g/mol. The number of carbonyl (C=O) groups is 2. The predicted molar refractivity (Wildman–Crippen MR) is 83.7 cm³/mol. The Morgan fingerprint density at radius 1 is 0.760 bits per heavy atom. The van der Waals surface area contributed by atoms with Gasteiger partial charge in [0.1, 0.15) is 12.1 Å². The van der Waals surface area contributed by atoms with Crippen LogP contribution in [-0.2, 0) is 26.7 Å². The Kier molecular flexibility index (Phi) is 6.06. The van der Waals surface area contributed by atoms with E-state index in [-0.39, 0.29) is 40.4 Å². The summed E-state index contributed by atoms with van der Waals surface area (Å²) in [5.74, 6) is -0.442. The molecule has 6 nitrogen and oxygen atoms in total. The van der Waals surface area contributed by atoms with Gasteiger partial charge in [-0.1, -0.05) is 36.5 Å². The summed E-state index contributed by atoms with van der Waals surface area (Å²) in [4.78, 5) is 22.4. The van der Waals surface area contributed by atoms with Gasteiger partial charge < -0.3 is 20.8 Å². The van der Waals surface area contributed by atoms with Crippen molar-refractivity contribution in [1.82, 2.24) is 10.6 Å². The molecule has 2 unspecified atom stereocenters. The van der Waals surface area contributed by atoms with Gasteiger partial charge in [-0.2, -0.15) is 0 Å². The summed E-state index contributed by atoms with van der Waals surface area (Å²) in [5.41, 5.74) is 1.95. The van der Waals surface area contributed by atoms with Crippen molar-refractivity contribution in [3.05, 3.63) is 71.5 Å². The average Bonchev–Trinajstić information content (AvgIpc) is 2.57. The number of carbonyl (C=O) groups excluding carboxylic acids is 2. The van der Waals surface area contributed by atoms with E-state index in [1.165, 1.54) is 24.3 Å². The SMILES string of the molecule is O=C1C=CCC2=CC=C([O-])NC12.O=C1C=CCC2=CC=C([O-])NC12.[Cu+2]. The summed E-state index contributed by atoms with van der Waals surface area (Å²) in [6, 6.07) is -0.792. The molecule has 25 heavy (non-hydrogen) atoms. The summed E-state index contributed by atoms with van der Waals surface area (Å²) < 4.78 is 0. The second kappa shape index (κ2) is 8.05. The fourth-order valence-electron chi connectivity index (χ4n) is 2.82. The summed E-state index contributed by atoms with van der Waals surface area (Å²) in [5, 5.41) is 27.0. The minimum Gasteiger partial charge on any atom is -0.860 e. The van der Waals surface area contributed by atoms with Crippen LogP contribution in [-0.4, -0.2) is 23.7 Å². The van der Waals surface area contributed by atoms with Crippen molar-refractivity contribution in [3.8, 4) is 0 Å². The number of ketones is 2. The Labute approximate surface area is 155 Å².